The minimum atomic E-state index is -0.483. The second-order valence-electron chi connectivity index (χ2n) is 11.7. The maximum atomic E-state index is 14.3. The van der Waals surface area contributed by atoms with Gasteiger partial charge < -0.3 is 25.2 Å². The summed E-state index contributed by atoms with van der Waals surface area (Å²) in [5.74, 6) is -0.837. The lowest BCUT2D eigenvalue weighted by Crippen LogP contribution is -2.34. The monoisotopic (exact) mass is 602 g/mol. The van der Waals surface area contributed by atoms with Crippen LogP contribution in [0.15, 0.2) is 54.6 Å². The molecule has 0 unspecified atom stereocenters. The zero-order valence-corrected chi connectivity index (χ0v) is 25.2. The van der Waals surface area contributed by atoms with Crippen molar-refractivity contribution in [2.24, 2.45) is 0 Å². The van der Waals surface area contributed by atoms with Crippen LogP contribution in [0.1, 0.15) is 54.1 Å². The van der Waals surface area contributed by atoms with E-state index in [4.69, 9.17) is 4.74 Å². The molecule has 1 aromatic heterocycles. The van der Waals surface area contributed by atoms with Crippen molar-refractivity contribution in [3.63, 3.8) is 0 Å². The van der Waals surface area contributed by atoms with E-state index in [0.29, 0.717) is 30.0 Å². The molecule has 3 heterocycles. The predicted octanol–water partition coefficient (Wildman–Crippen LogP) is 6.20. The van der Waals surface area contributed by atoms with Gasteiger partial charge in [0.15, 0.2) is 5.82 Å². The first kappa shape index (κ1) is 30.0. The van der Waals surface area contributed by atoms with Crippen LogP contribution in [0.2, 0.25) is 0 Å². The number of nitrogens with one attached hydrogen (secondary N) is 3. The van der Waals surface area contributed by atoms with Crippen LogP contribution < -0.4 is 15.5 Å². The van der Waals surface area contributed by atoms with Gasteiger partial charge in [0.2, 0.25) is 0 Å². The number of ether oxygens (including phenoxy) is 1. The number of likely N-dealkylation sites (N-methyl/N-ethyl adjacent to an activating group) is 1. The highest BCUT2D eigenvalue weighted by atomic mass is 19.1. The van der Waals surface area contributed by atoms with Gasteiger partial charge in [0.05, 0.1) is 11.1 Å². The smallest absolute Gasteiger partial charge is 0.258 e. The second kappa shape index (κ2) is 13.7. The van der Waals surface area contributed by atoms with E-state index in [1.165, 1.54) is 18.9 Å². The van der Waals surface area contributed by atoms with Crippen LogP contribution in [-0.2, 0) is 11.2 Å². The van der Waals surface area contributed by atoms with Crippen LogP contribution in [0.5, 0.6) is 0 Å². The fourth-order valence-corrected chi connectivity index (χ4v) is 6.19. The third-order valence-electron chi connectivity index (χ3n) is 8.72. The van der Waals surface area contributed by atoms with Crippen LogP contribution in [0.3, 0.4) is 0 Å². The Kier molecular flexibility index (Phi) is 9.37. The minimum absolute atomic E-state index is 0.210. The Balaban J connectivity index is 1.24. The number of fused-ring (bicyclic) bond motifs is 1. The summed E-state index contributed by atoms with van der Waals surface area (Å²) in [4.78, 5) is 18.7. The highest BCUT2D eigenvalue weighted by molar-refractivity contribution is 6.11. The SMILES string of the molecule is CCN(CCN1CCCC1)c1ccc(C(=O)Nc2n[nH]c3ccc(Cc4cc(F)ccc4F)cc23)c(NC2CCOCC2)c1. The molecule has 44 heavy (non-hydrogen) atoms. The summed E-state index contributed by atoms with van der Waals surface area (Å²) < 4.78 is 33.6. The molecule has 0 aliphatic carbocycles. The molecule has 8 nitrogen and oxygen atoms in total. The molecule has 4 aromatic rings. The maximum Gasteiger partial charge on any atom is 0.258 e. The van der Waals surface area contributed by atoms with E-state index in [0.717, 1.165) is 80.2 Å². The summed E-state index contributed by atoms with van der Waals surface area (Å²) in [6.07, 6.45) is 4.50. The van der Waals surface area contributed by atoms with Gasteiger partial charge in [-0.25, -0.2) is 8.78 Å². The lowest BCUT2D eigenvalue weighted by Gasteiger charge is -2.29. The first-order chi connectivity index (χ1) is 21.5. The molecule has 3 aromatic carbocycles. The van der Waals surface area contributed by atoms with Gasteiger partial charge in [-0.2, -0.15) is 5.10 Å². The normalized spacial score (nSPS) is 16.0. The van der Waals surface area contributed by atoms with Crippen molar-refractivity contribution in [3.8, 4) is 0 Å². The Hall–Kier alpha value is -4.02. The topological polar surface area (TPSA) is 85.5 Å². The van der Waals surface area contributed by atoms with Gasteiger partial charge in [-0.15, -0.1) is 0 Å². The lowest BCUT2D eigenvalue weighted by molar-refractivity contribution is 0.0904. The lowest BCUT2D eigenvalue weighted by atomic mass is 10.0. The number of rotatable bonds is 11. The van der Waals surface area contributed by atoms with Crippen LogP contribution >= 0.6 is 0 Å². The van der Waals surface area contributed by atoms with Gasteiger partial charge in [0, 0.05) is 62.1 Å². The summed E-state index contributed by atoms with van der Waals surface area (Å²) in [7, 11) is 0. The number of amides is 1. The molecule has 0 spiro atoms. The average molecular weight is 603 g/mol. The fraction of sp³-hybridized carbons (Fsp3) is 0.412. The van der Waals surface area contributed by atoms with Crippen molar-refractivity contribution < 1.29 is 18.3 Å². The van der Waals surface area contributed by atoms with Gasteiger partial charge in [0.1, 0.15) is 11.6 Å². The Labute approximate surface area is 256 Å². The van der Waals surface area contributed by atoms with Crippen LogP contribution in [0.4, 0.5) is 26.0 Å². The summed E-state index contributed by atoms with van der Waals surface area (Å²) in [5.41, 5.74) is 4.18. The number of benzene rings is 3. The molecule has 0 saturated carbocycles. The van der Waals surface area contributed by atoms with Crippen molar-refractivity contribution in [1.29, 1.82) is 0 Å². The van der Waals surface area contributed by atoms with E-state index >= 15 is 0 Å². The molecular weight excluding hydrogens is 562 g/mol. The number of H-pyrrole nitrogens is 1. The van der Waals surface area contributed by atoms with Crippen LogP contribution in [0, 0.1) is 11.6 Å². The molecule has 6 rings (SSSR count). The first-order valence-corrected chi connectivity index (χ1v) is 15.6. The predicted molar refractivity (Wildman–Crippen MR) is 171 cm³/mol. The van der Waals surface area contributed by atoms with Gasteiger partial charge in [0.25, 0.3) is 5.91 Å². The third-order valence-corrected chi connectivity index (χ3v) is 8.72. The van der Waals surface area contributed by atoms with Crippen molar-refractivity contribution in [2.45, 2.75) is 45.1 Å². The Morgan fingerprint density at radius 3 is 2.68 bits per heavy atom. The van der Waals surface area contributed by atoms with Gasteiger partial charge in [-0.1, -0.05) is 6.07 Å². The molecule has 0 bridgehead atoms. The summed E-state index contributed by atoms with van der Waals surface area (Å²) in [5, 5.41) is 14.7. The number of anilines is 3. The van der Waals surface area contributed by atoms with Gasteiger partial charge in [-0.05, 0) is 105 Å². The van der Waals surface area contributed by atoms with Gasteiger partial charge in [-0.3, -0.25) is 9.89 Å². The molecule has 2 saturated heterocycles. The van der Waals surface area contributed by atoms with Crippen LogP contribution in [-0.4, -0.2) is 73.0 Å². The number of likely N-dealkylation sites (tertiary alicyclic amines) is 1. The summed E-state index contributed by atoms with van der Waals surface area (Å²) in [6, 6.07) is 15.2. The highest BCUT2D eigenvalue weighted by Gasteiger charge is 2.21. The number of halogens is 2. The largest absolute Gasteiger partial charge is 0.381 e. The molecule has 232 valence electrons. The number of nitrogens with zero attached hydrogens (tertiary/aromatic N) is 3. The zero-order chi connectivity index (χ0) is 30.5. The van der Waals surface area contributed by atoms with E-state index in [-0.39, 0.29) is 23.9 Å². The van der Waals surface area contributed by atoms with Crippen molar-refractivity contribution in [2.75, 3.05) is 61.5 Å². The molecular formula is C34H40F2N6O2. The second-order valence-corrected chi connectivity index (χ2v) is 11.7. The van der Waals surface area contributed by atoms with Crippen molar-refractivity contribution in [3.05, 3.63) is 82.9 Å². The molecule has 1 amide bonds. The first-order valence-electron chi connectivity index (χ1n) is 15.6. The van der Waals surface area contributed by atoms with Gasteiger partial charge >= 0.3 is 0 Å². The Morgan fingerprint density at radius 2 is 1.89 bits per heavy atom. The van der Waals surface area contributed by atoms with E-state index in [9.17, 15) is 13.6 Å². The molecule has 2 aliphatic rings. The molecule has 2 aliphatic heterocycles. The Bertz CT molecular complexity index is 1600. The third kappa shape index (κ3) is 7.03. The maximum absolute atomic E-state index is 14.3. The quantitative estimate of drug-likeness (QED) is 0.190. The van der Waals surface area contributed by atoms with E-state index in [1.807, 2.05) is 30.3 Å². The zero-order valence-electron chi connectivity index (χ0n) is 25.2. The minimum Gasteiger partial charge on any atom is -0.381 e. The van der Waals surface area contributed by atoms with E-state index in [1.54, 1.807) is 0 Å². The molecule has 2 fully saturated rings. The molecule has 3 N–H and O–H groups in total. The summed E-state index contributed by atoms with van der Waals surface area (Å²) >= 11 is 0. The van der Waals surface area contributed by atoms with Crippen molar-refractivity contribution in [1.82, 2.24) is 15.1 Å². The number of aromatic amines is 1. The number of carbonyl (C=O) groups excluding carboxylic acids is 1. The van der Waals surface area contributed by atoms with E-state index < -0.39 is 11.6 Å². The number of hydrogen-bond acceptors (Lipinski definition) is 6. The highest BCUT2D eigenvalue weighted by Crippen LogP contribution is 2.29. The van der Waals surface area contributed by atoms with Crippen molar-refractivity contribution >= 4 is 34.0 Å². The van der Waals surface area contributed by atoms with Crippen LogP contribution in [0.25, 0.3) is 10.9 Å². The standard InChI is InChI=1S/C34H40F2N6O2/c1-2-42(16-15-41-13-3-4-14-41)27-7-8-28(32(22-27)37-26-11-17-44-18-12-26)34(43)38-33-29-20-23(5-10-31(29)39-40-33)19-24-21-25(35)6-9-30(24)36/h5-10,20-22,26,37H,2-4,11-19H2,1H3,(H2,38,39,40,43). The average Bonchev–Trinajstić information content (AvgIpc) is 3.70. The fourth-order valence-electron chi connectivity index (χ4n) is 6.19. The molecule has 10 heteroatoms. The van der Waals surface area contributed by atoms with E-state index in [2.05, 4.69) is 43.6 Å². The Morgan fingerprint density at radius 1 is 1.07 bits per heavy atom. The summed E-state index contributed by atoms with van der Waals surface area (Å²) in [6.45, 7) is 8.70. The molecule has 0 atom stereocenters. The number of hydrogen-bond donors (Lipinski definition) is 3. The molecule has 0 radical (unpaired) electrons. The number of carbonyl (C=O) groups is 1. The number of aromatic nitrogens is 2.